The predicted molar refractivity (Wildman–Crippen MR) is 142 cm³/mol. The van der Waals surface area contributed by atoms with Crippen molar-refractivity contribution in [1.82, 2.24) is 5.43 Å². The molecule has 0 unspecified atom stereocenters. The molecule has 0 aliphatic carbocycles. The summed E-state index contributed by atoms with van der Waals surface area (Å²) in [6.45, 7) is 2.43. The van der Waals surface area contributed by atoms with Gasteiger partial charge in [0.1, 0.15) is 6.61 Å². The lowest BCUT2D eigenvalue weighted by molar-refractivity contribution is -0.136. The van der Waals surface area contributed by atoms with Gasteiger partial charge in [-0.05, 0) is 70.9 Å². The standard InChI is InChI=1S/C24H19BrCl3N3O4/c1-2-34-21-9-14(8-19(25)22(21)35-13-15-6-7-17(27)11-20(15)28)12-29-31-24(33)23(32)30-18-5-3-4-16(26)10-18/h3-12H,2,13H2,1H3,(H,30,32)(H,31,33)/b29-12+. The van der Waals surface area contributed by atoms with Crippen molar-refractivity contribution in [3.63, 3.8) is 0 Å². The van der Waals surface area contributed by atoms with Crippen molar-refractivity contribution < 1.29 is 19.1 Å². The molecule has 3 aromatic rings. The van der Waals surface area contributed by atoms with Gasteiger partial charge in [-0.25, -0.2) is 5.43 Å². The van der Waals surface area contributed by atoms with Gasteiger partial charge >= 0.3 is 11.8 Å². The number of carbonyl (C=O) groups is 2. The number of carbonyl (C=O) groups excluding carboxylic acids is 2. The summed E-state index contributed by atoms with van der Waals surface area (Å²) in [5, 5.41) is 7.74. The zero-order valence-corrected chi connectivity index (χ0v) is 22.1. The van der Waals surface area contributed by atoms with E-state index in [1.165, 1.54) is 12.3 Å². The largest absolute Gasteiger partial charge is 0.490 e. The van der Waals surface area contributed by atoms with Crippen molar-refractivity contribution in [3.8, 4) is 11.5 Å². The molecule has 0 atom stereocenters. The predicted octanol–water partition coefficient (Wildman–Crippen LogP) is 6.48. The van der Waals surface area contributed by atoms with Crippen molar-refractivity contribution in [3.05, 3.63) is 85.3 Å². The van der Waals surface area contributed by atoms with Gasteiger partial charge in [0, 0.05) is 26.3 Å². The number of hydrogen-bond acceptors (Lipinski definition) is 5. The van der Waals surface area contributed by atoms with Crippen LogP contribution < -0.4 is 20.2 Å². The van der Waals surface area contributed by atoms with Gasteiger partial charge in [0.05, 0.1) is 17.3 Å². The molecule has 0 aliphatic heterocycles. The Morgan fingerprint density at radius 2 is 1.77 bits per heavy atom. The Morgan fingerprint density at radius 3 is 2.49 bits per heavy atom. The Morgan fingerprint density at radius 1 is 1.00 bits per heavy atom. The second-order valence-corrected chi connectivity index (χ2v) is 9.09. The fourth-order valence-corrected chi connectivity index (χ4v) is 4.05. The number of ether oxygens (including phenoxy) is 2. The zero-order valence-electron chi connectivity index (χ0n) is 18.3. The summed E-state index contributed by atoms with van der Waals surface area (Å²) in [7, 11) is 0. The summed E-state index contributed by atoms with van der Waals surface area (Å²) in [5.41, 5.74) is 3.92. The van der Waals surface area contributed by atoms with Crippen molar-refractivity contribution in [2.24, 2.45) is 5.10 Å². The summed E-state index contributed by atoms with van der Waals surface area (Å²) < 4.78 is 12.2. The molecular weight excluding hydrogens is 581 g/mol. The van der Waals surface area contributed by atoms with Crippen LogP contribution in [-0.2, 0) is 16.2 Å². The molecule has 3 aromatic carbocycles. The van der Waals surface area contributed by atoms with Gasteiger partial charge in [-0.15, -0.1) is 0 Å². The molecule has 35 heavy (non-hydrogen) atoms. The van der Waals surface area contributed by atoms with Crippen LogP contribution in [0.25, 0.3) is 0 Å². The van der Waals surface area contributed by atoms with Gasteiger partial charge in [-0.2, -0.15) is 5.10 Å². The third-order valence-electron chi connectivity index (χ3n) is 4.39. The Balaban J connectivity index is 1.67. The number of halogens is 4. The average molecular weight is 600 g/mol. The molecule has 0 saturated carbocycles. The summed E-state index contributed by atoms with van der Waals surface area (Å²) in [6, 6.07) is 15.0. The molecule has 0 heterocycles. The van der Waals surface area contributed by atoms with Crippen LogP contribution in [0.1, 0.15) is 18.1 Å². The first-order valence-corrected chi connectivity index (χ1v) is 12.1. The molecule has 0 spiro atoms. The monoisotopic (exact) mass is 597 g/mol. The molecule has 182 valence electrons. The molecule has 0 fully saturated rings. The van der Waals surface area contributed by atoms with Gasteiger partial charge in [-0.3, -0.25) is 9.59 Å². The number of rotatable bonds is 8. The lowest BCUT2D eigenvalue weighted by Gasteiger charge is -2.15. The molecule has 0 aliphatic rings. The normalized spacial score (nSPS) is 10.8. The molecule has 0 saturated heterocycles. The van der Waals surface area contributed by atoms with Crippen LogP contribution in [0.3, 0.4) is 0 Å². The van der Waals surface area contributed by atoms with Crippen molar-refractivity contribution in [1.29, 1.82) is 0 Å². The van der Waals surface area contributed by atoms with E-state index in [0.29, 0.717) is 48.9 Å². The smallest absolute Gasteiger partial charge is 0.329 e. The number of hydrogen-bond donors (Lipinski definition) is 2. The first-order chi connectivity index (χ1) is 16.8. The number of benzene rings is 3. The molecule has 2 amide bonds. The third kappa shape index (κ3) is 7.86. The van der Waals surface area contributed by atoms with E-state index >= 15 is 0 Å². The minimum Gasteiger partial charge on any atom is -0.490 e. The fourth-order valence-electron chi connectivity index (χ4n) is 2.82. The van der Waals surface area contributed by atoms with Gasteiger partial charge in [0.25, 0.3) is 0 Å². The van der Waals surface area contributed by atoms with Crippen LogP contribution in [-0.4, -0.2) is 24.6 Å². The second-order valence-electron chi connectivity index (χ2n) is 6.95. The minimum absolute atomic E-state index is 0.194. The van der Waals surface area contributed by atoms with E-state index in [0.717, 1.165) is 5.56 Å². The summed E-state index contributed by atoms with van der Waals surface area (Å²) in [5.74, 6) is -0.895. The highest BCUT2D eigenvalue weighted by Crippen LogP contribution is 2.37. The summed E-state index contributed by atoms with van der Waals surface area (Å²) in [6.07, 6.45) is 1.37. The van der Waals surface area contributed by atoms with E-state index in [2.05, 4.69) is 31.8 Å². The molecule has 0 aromatic heterocycles. The molecule has 7 nitrogen and oxygen atoms in total. The Hall–Kier alpha value is -2.78. The molecular formula is C24H19BrCl3N3O4. The van der Waals surface area contributed by atoms with Gasteiger partial charge in [-0.1, -0.05) is 46.9 Å². The van der Waals surface area contributed by atoms with E-state index in [-0.39, 0.29) is 6.61 Å². The molecule has 11 heteroatoms. The summed E-state index contributed by atoms with van der Waals surface area (Å²) >= 11 is 21.5. The maximum absolute atomic E-state index is 12.0. The molecule has 3 rings (SSSR count). The topological polar surface area (TPSA) is 89.0 Å². The minimum atomic E-state index is -0.940. The van der Waals surface area contributed by atoms with E-state index in [1.807, 2.05) is 6.92 Å². The highest BCUT2D eigenvalue weighted by atomic mass is 79.9. The van der Waals surface area contributed by atoms with Gasteiger partial charge < -0.3 is 14.8 Å². The van der Waals surface area contributed by atoms with Crippen molar-refractivity contribution >= 4 is 74.4 Å². The van der Waals surface area contributed by atoms with Crippen LogP contribution in [0.15, 0.2) is 64.2 Å². The van der Waals surface area contributed by atoms with Gasteiger partial charge in [0.15, 0.2) is 11.5 Å². The lowest BCUT2D eigenvalue weighted by atomic mass is 10.2. The Bertz CT molecular complexity index is 1270. The van der Waals surface area contributed by atoms with Crippen LogP contribution >= 0.6 is 50.7 Å². The molecule has 2 N–H and O–H groups in total. The lowest BCUT2D eigenvalue weighted by Crippen LogP contribution is -2.32. The number of nitrogens with one attached hydrogen (secondary N) is 2. The highest BCUT2D eigenvalue weighted by molar-refractivity contribution is 9.10. The Kier molecular flexibility index (Phi) is 9.80. The molecule has 0 bridgehead atoms. The Labute approximate surface area is 225 Å². The van der Waals surface area contributed by atoms with E-state index < -0.39 is 11.8 Å². The first-order valence-electron chi connectivity index (χ1n) is 10.2. The quantitative estimate of drug-likeness (QED) is 0.176. The van der Waals surface area contributed by atoms with Crippen LogP contribution in [0.2, 0.25) is 15.1 Å². The SMILES string of the molecule is CCOc1cc(/C=N/NC(=O)C(=O)Nc2cccc(Cl)c2)cc(Br)c1OCc1ccc(Cl)cc1Cl. The van der Waals surface area contributed by atoms with Crippen LogP contribution in [0, 0.1) is 0 Å². The zero-order chi connectivity index (χ0) is 25.4. The number of hydrazone groups is 1. The van der Waals surface area contributed by atoms with Crippen LogP contribution in [0.4, 0.5) is 5.69 Å². The number of anilines is 1. The second kappa shape index (κ2) is 12.8. The average Bonchev–Trinajstić information content (AvgIpc) is 2.80. The maximum Gasteiger partial charge on any atom is 0.329 e. The van der Waals surface area contributed by atoms with E-state index in [1.54, 1.807) is 48.5 Å². The van der Waals surface area contributed by atoms with E-state index in [4.69, 9.17) is 44.3 Å². The van der Waals surface area contributed by atoms with E-state index in [9.17, 15) is 9.59 Å². The summed E-state index contributed by atoms with van der Waals surface area (Å²) in [4.78, 5) is 24.1. The number of nitrogens with zero attached hydrogens (tertiary/aromatic N) is 1. The van der Waals surface area contributed by atoms with Crippen molar-refractivity contribution in [2.45, 2.75) is 13.5 Å². The van der Waals surface area contributed by atoms with Crippen LogP contribution in [0.5, 0.6) is 11.5 Å². The first kappa shape index (κ1) is 26.8. The number of amides is 2. The maximum atomic E-state index is 12.0. The third-order valence-corrected chi connectivity index (χ3v) is 5.80. The van der Waals surface area contributed by atoms with Gasteiger partial charge in [0.2, 0.25) is 0 Å². The molecule has 0 radical (unpaired) electrons. The highest BCUT2D eigenvalue weighted by Gasteiger charge is 2.15. The van der Waals surface area contributed by atoms with Crippen molar-refractivity contribution in [2.75, 3.05) is 11.9 Å². The fraction of sp³-hybridized carbons (Fsp3) is 0.125.